The van der Waals surface area contributed by atoms with Crippen LogP contribution in [0.25, 0.3) is 0 Å². The number of nitrogens with one attached hydrogen (secondary N) is 2. The Hall–Kier alpha value is -2.44. The number of rotatable bonds is 6. The molecule has 1 aliphatic heterocycles. The van der Waals surface area contributed by atoms with Gasteiger partial charge in [0, 0.05) is 31.7 Å². The maximum atomic E-state index is 12.9. The average Bonchev–Trinajstić information content (AvgIpc) is 2.74. The summed E-state index contributed by atoms with van der Waals surface area (Å²) in [6.07, 6.45) is 1.22. The van der Waals surface area contributed by atoms with Crippen molar-refractivity contribution in [3.05, 3.63) is 70.8 Å². The van der Waals surface area contributed by atoms with Crippen LogP contribution in [0.5, 0.6) is 0 Å². The van der Waals surface area contributed by atoms with E-state index in [2.05, 4.69) is 61.2 Å². The highest BCUT2D eigenvalue weighted by atomic mass is 28.3. The van der Waals surface area contributed by atoms with E-state index in [0.717, 1.165) is 18.8 Å². The summed E-state index contributed by atoms with van der Waals surface area (Å²) >= 11 is 0. The molecule has 0 aliphatic carbocycles. The molecular weight excluding hydrogens is 402 g/mol. The summed E-state index contributed by atoms with van der Waals surface area (Å²) in [4.78, 5) is 24.8. The third-order valence-electron chi connectivity index (χ3n) is 6.16. The van der Waals surface area contributed by atoms with Crippen molar-refractivity contribution in [3.63, 3.8) is 0 Å². The van der Waals surface area contributed by atoms with Gasteiger partial charge in [-0.15, -0.1) is 0 Å². The highest BCUT2D eigenvalue weighted by molar-refractivity contribution is 6.56. The van der Waals surface area contributed by atoms with Crippen molar-refractivity contribution in [2.24, 2.45) is 5.41 Å². The summed E-state index contributed by atoms with van der Waals surface area (Å²) in [5.74, 6) is 0.245. The van der Waals surface area contributed by atoms with E-state index in [4.69, 9.17) is 0 Å². The molecule has 2 N–H and O–H groups in total. The molecule has 3 rings (SSSR count). The molecule has 1 aliphatic rings. The molecule has 1 heterocycles. The van der Waals surface area contributed by atoms with E-state index in [9.17, 15) is 9.59 Å². The van der Waals surface area contributed by atoms with Gasteiger partial charge in [-0.25, -0.2) is 0 Å². The quantitative estimate of drug-likeness (QED) is 0.682. The molecule has 1 radical (unpaired) electrons. The van der Waals surface area contributed by atoms with Crippen LogP contribution in [0.1, 0.15) is 60.2 Å². The number of nitrogens with zero attached hydrogens (tertiary/aromatic N) is 1. The van der Waals surface area contributed by atoms with Gasteiger partial charge in [0.25, 0.3) is 5.91 Å². The van der Waals surface area contributed by atoms with E-state index >= 15 is 0 Å². The lowest BCUT2D eigenvalue weighted by Crippen LogP contribution is -2.50. The highest BCUT2D eigenvalue weighted by Crippen LogP contribution is 2.37. The predicted molar refractivity (Wildman–Crippen MR) is 127 cm³/mol. The number of carbonyl (C=O) groups is 2. The molecule has 1 atom stereocenters. The topological polar surface area (TPSA) is 61.4 Å². The molecular formula is C25H34N3O2Si. The van der Waals surface area contributed by atoms with Crippen LogP contribution in [0.4, 0.5) is 0 Å². The second-order valence-corrected chi connectivity index (χ2v) is 12.1. The minimum absolute atomic E-state index is 0.0101. The molecule has 31 heavy (non-hydrogen) atoms. The first-order chi connectivity index (χ1) is 14.7. The summed E-state index contributed by atoms with van der Waals surface area (Å²) in [6, 6.07) is 17.3. The number of benzene rings is 2. The van der Waals surface area contributed by atoms with E-state index < -0.39 is 8.96 Å². The van der Waals surface area contributed by atoms with Gasteiger partial charge in [-0.2, -0.15) is 0 Å². The van der Waals surface area contributed by atoms with Gasteiger partial charge in [-0.1, -0.05) is 57.2 Å². The summed E-state index contributed by atoms with van der Waals surface area (Å²) < 4.78 is 2.36. The molecule has 6 heteroatoms. The predicted octanol–water partition coefficient (Wildman–Crippen LogP) is 3.44. The zero-order valence-electron chi connectivity index (χ0n) is 19.3. The van der Waals surface area contributed by atoms with E-state index in [0.29, 0.717) is 12.0 Å². The number of hydrogen-bond acceptors (Lipinski definition) is 3. The third kappa shape index (κ3) is 5.83. The van der Waals surface area contributed by atoms with Crippen LogP contribution in [0.3, 0.4) is 0 Å². The molecule has 2 aromatic rings. The molecule has 0 saturated carbocycles. The van der Waals surface area contributed by atoms with Crippen molar-refractivity contribution in [1.82, 2.24) is 15.2 Å². The first-order valence-corrected chi connectivity index (χ1v) is 12.8. The van der Waals surface area contributed by atoms with Gasteiger partial charge >= 0.3 is 0 Å². The van der Waals surface area contributed by atoms with Gasteiger partial charge in [-0.05, 0) is 53.2 Å². The van der Waals surface area contributed by atoms with Crippen LogP contribution >= 0.6 is 0 Å². The van der Waals surface area contributed by atoms with Crippen molar-refractivity contribution in [3.8, 4) is 0 Å². The monoisotopic (exact) mass is 436 g/mol. The van der Waals surface area contributed by atoms with E-state index in [1.165, 1.54) is 16.7 Å². The fourth-order valence-electron chi connectivity index (χ4n) is 4.22. The summed E-state index contributed by atoms with van der Waals surface area (Å²) in [7, 11) is 2.87. The third-order valence-corrected chi connectivity index (χ3v) is 8.78. The normalized spacial score (nSPS) is 15.8. The number of amides is 2. The van der Waals surface area contributed by atoms with Crippen LogP contribution < -0.4 is 10.6 Å². The zero-order valence-corrected chi connectivity index (χ0v) is 20.3. The van der Waals surface area contributed by atoms with E-state index in [-0.39, 0.29) is 23.1 Å². The Labute approximate surface area is 187 Å². The van der Waals surface area contributed by atoms with E-state index in [1.807, 2.05) is 30.3 Å². The highest BCUT2D eigenvalue weighted by Gasteiger charge is 2.30. The van der Waals surface area contributed by atoms with Crippen LogP contribution in [0, 0.1) is 5.41 Å². The minimum Gasteiger partial charge on any atom is -0.358 e. The average molecular weight is 437 g/mol. The first kappa shape index (κ1) is 23.2. The van der Waals surface area contributed by atoms with Gasteiger partial charge in [0.05, 0.1) is 0 Å². The summed E-state index contributed by atoms with van der Waals surface area (Å²) in [5, 5.41) is 5.91. The molecule has 5 nitrogen and oxygen atoms in total. The van der Waals surface area contributed by atoms with Crippen molar-refractivity contribution in [2.45, 2.75) is 45.7 Å². The molecule has 0 unspecified atom stereocenters. The first-order valence-electron chi connectivity index (χ1n) is 10.9. The molecule has 0 aromatic heterocycles. The lowest BCUT2D eigenvalue weighted by Gasteiger charge is -2.34. The molecule has 2 amide bonds. The number of fused-ring (bicyclic) bond motifs is 1. The Kier molecular flexibility index (Phi) is 7.33. The van der Waals surface area contributed by atoms with Crippen LogP contribution in [-0.2, 0) is 17.4 Å². The fraction of sp³-hybridized carbons (Fsp3) is 0.440. The van der Waals surface area contributed by atoms with Gasteiger partial charge in [0.15, 0.2) is 8.96 Å². The Balaban J connectivity index is 1.62. The maximum absolute atomic E-state index is 12.9. The second-order valence-electron chi connectivity index (χ2n) is 9.47. The van der Waals surface area contributed by atoms with Gasteiger partial charge in [-0.3, -0.25) is 9.59 Å². The Morgan fingerprint density at radius 3 is 2.45 bits per heavy atom. The fourth-order valence-corrected chi connectivity index (χ4v) is 6.46. The van der Waals surface area contributed by atoms with Gasteiger partial charge in [0.1, 0.15) is 0 Å². The zero-order chi connectivity index (χ0) is 22.6. The molecule has 0 spiro atoms. The van der Waals surface area contributed by atoms with Crippen LogP contribution in [0.2, 0.25) is 0 Å². The van der Waals surface area contributed by atoms with Crippen LogP contribution in [0.15, 0.2) is 48.5 Å². The Morgan fingerprint density at radius 2 is 1.81 bits per heavy atom. The van der Waals surface area contributed by atoms with Gasteiger partial charge in [0.2, 0.25) is 5.91 Å². The van der Waals surface area contributed by atoms with E-state index in [1.54, 1.807) is 7.05 Å². The number of carbonyl (C=O) groups excluding carboxylic acids is 2. The van der Waals surface area contributed by atoms with Crippen molar-refractivity contribution in [1.29, 1.82) is 0 Å². The molecule has 165 valence electrons. The summed E-state index contributed by atoms with van der Waals surface area (Å²) in [5.41, 5.74) is 4.43. The largest absolute Gasteiger partial charge is 0.358 e. The van der Waals surface area contributed by atoms with Crippen molar-refractivity contribution >= 4 is 20.8 Å². The van der Waals surface area contributed by atoms with Gasteiger partial charge < -0.3 is 15.2 Å². The standard InChI is InChI=1S/C25H34N3O2Si/c1-25(2,3)22(18-9-7-6-8-10-18)14-23(29)27-17-31-16-20-12-11-19(24(30)26-4)13-21(20)15-28(31)5/h6-13,22H,14-17H2,1-5H3,(H,26,30)(H,27,29)/t22-/m1/s1. The van der Waals surface area contributed by atoms with Crippen molar-refractivity contribution in [2.75, 3.05) is 20.3 Å². The molecule has 2 aromatic carbocycles. The molecule has 0 fully saturated rings. The maximum Gasteiger partial charge on any atom is 0.251 e. The molecule has 0 bridgehead atoms. The lowest BCUT2D eigenvalue weighted by molar-refractivity contribution is -0.121. The Bertz CT molecular complexity index is 924. The minimum atomic E-state index is -0.904. The molecule has 0 saturated heterocycles. The van der Waals surface area contributed by atoms with Crippen molar-refractivity contribution < 1.29 is 9.59 Å². The van der Waals surface area contributed by atoms with Crippen LogP contribution in [-0.4, -0.2) is 45.6 Å². The summed E-state index contributed by atoms with van der Waals surface area (Å²) in [6.45, 7) is 7.41. The SMILES string of the molecule is CNC(=O)c1ccc2c(c1)CN(C)[Si](CNC(=O)C[C@H](c1ccccc1)C(C)(C)C)C2. The number of hydrogen-bond donors (Lipinski definition) is 2. The second kappa shape index (κ2) is 9.79. The Morgan fingerprint density at radius 1 is 1.10 bits per heavy atom. The lowest BCUT2D eigenvalue weighted by atomic mass is 9.74. The smallest absolute Gasteiger partial charge is 0.251 e.